The number of amides is 1. The zero-order chi connectivity index (χ0) is 34.4. The molecule has 0 saturated carbocycles. The van der Waals surface area contributed by atoms with Crippen LogP contribution in [0.4, 0.5) is 20.3 Å². The highest BCUT2D eigenvalue weighted by Crippen LogP contribution is 2.41. The summed E-state index contributed by atoms with van der Waals surface area (Å²) in [4.78, 5) is 47.6. The molecule has 4 aromatic rings. The molecule has 1 amide bonds. The van der Waals surface area contributed by atoms with Crippen LogP contribution in [-0.2, 0) is 4.79 Å². The van der Waals surface area contributed by atoms with Crippen LogP contribution in [0.5, 0.6) is 0 Å². The fourth-order valence-corrected chi connectivity index (χ4v) is 8.37. The summed E-state index contributed by atoms with van der Waals surface area (Å²) in [5, 5.41) is 3.73. The van der Waals surface area contributed by atoms with Crippen molar-refractivity contribution in [2.75, 3.05) is 54.8 Å². The van der Waals surface area contributed by atoms with Gasteiger partial charge in [0.05, 0.1) is 22.3 Å². The van der Waals surface area contributed by atoms with Crippen molar-refractivity contribution in [3.63, 3.8) is 0 Å². The van der Waals surface area contributed by atoms with Gasteiger partial charge in [0.15, 0.2) is 11.5 Å². The predicted octanol–water partition coefficient (Wildman–Crippen LogP) is 5.13. The number of nitrogens with zero attached hydrogens (tertiary/aromatic N) is 7. The molecule has 0 spiro atoms. The SMILES string of the molecule is C=CC(=O)N1CCN(c2nc(=O)n3c4nc(c(F)cc24)-c2c(F)cccc2N(C2CCNCC2)CCSc2ccnc(C(C)C)c2-3)[C@@H](C)C1. The Morgan fingerprint density at radius 3 is 2.61 bits per heavy atom. The average molecular weight is 687 g/mol. The van der Waals surface area contributed by atoms with E-state index in [9.17, 15) is 9.59 Å². The molecule has 1 atom stereocenters. The Hall–Kier alpha value is -4.36. The maximum Gasteiger partial charge on any atom is 0.355 e. The first-order valence-corrected chi connectivity index (χ1v) is 17.9. The molecule has 2 fully saturated rings. The summed E-state index contributed by atoms with van der Waals surface area (Å²) < 4.78 is 34.3. The van der Waals surface area contributed by atoms with Gasteiger partial charge in [0.1, 0.15) is 17.3 Å². The molecule has 3 aromatic heterocycles. The average Bonchev–Trinajstić information content (AvgIpc) is 3.09. The van der Waals surface area contributed by atoms with Gasteiger partial charge in [0.25, 0.3) is 0 Å². The normalized spacial score (nSPS) is 18.7. The number of rotatable bonds is 4. The smallest absolute Gasteiger partial charge is 0.355 e. The number of benzene rings is 1. The van der Waals surface area contributed by atoms with Gasteiger partial charge in [0.2, 0.25) is 5.91 Å². The van der Waals surface area contributed by atoms with Crippen molar-refractivity contribution in [1.82, 2.24) is 29.7 Å². The predicted molar refractivity (Wildman–Crippen MR) is 190 cm³/mol. The second-order valence-corrected chi connectivity index (χ2v) is 14.3. The molecule has 0 unspecified atom stereocenters. The number of carbonyl (C=O) groups is 1. The summed E-state index contributed by atoms with van der Waals surface area (Å²) >= 11 is 1.60. The number of piperidine rings is 1. The maximum absolute atomic E-state index is 16.7. The second kappa shape index (κ2) is 13.5. The third-order valence-corrected chi connectivity index (χ3v) is 10.8. The minimum absolute atomic E-state index is 0.0649. The lowest BCUT2D eigenvalue weighted by Gasteiger charge is -2.40. The molecule has 10 nitrogen and oxygen atoms in total. The first kappa shape index (κ1) is 33.2. The Kier molecular flexibility index (Phi) is 9.14. The van der Waals surface area contributed by atoms with Gasteiger partial charge >= 0.3 is 5.69 Å². The summed E-state index contributed by atoms with van der Waals surface area (Å²) in [7, 11) is 0. The largest absolute Gasteiger partial charge is 0.367 e. The van der Waals surface area contributed by atoms with Crippen molar-refractivity contribution in [1.29, 1.82) is 0 Å². The molecule has 2 saturated heterocycles. The molecule has 3 aliphatic rings. The van der Waals surface area contributed by atoms with E-state index in [-0.39, 0.29) is 46.6 Å². The van der Waals surface area contributed by atoms with Gasteiger partial charge < -0.3 is 20.0 Å². The Bertz CT molecular complexity index is 2000. The van der Waals surface area contributed by atoms with E-state index in [2.05, 4.69) is 21.8 Å². The number of thioether (sulfide) groups is 1. The van der Waals surface area contributed by atoms with Gasteiger partial charge in [-0.15, -0.1) is 11.8 Å². The number of aromatic nitrogens is 4. The van der Waals surface area contributed by atoms with E-state index in [1.807, 2.05) is 37.8 Å². The van der Waals surface area contributed by atoms with Crippen LogP contribution in [0.25, 0.3) is 28.0 Å². The van der Waals surface area contributed by atoms with Crippen LogP contribution in [0.15, 0.2) is 58.9 Å². The standard InChI is InChI=1S/C36H40F2N8O2S/c1-5-29(47)43-15-16-44(22(4)20-43)34-24-19-26(38)32-30-25(37)7-6-8-27(30)45(23-9-12-39-13-10-23)17-18-49-28-11-14-40-31(21(2)3)33(28)46(35(24)41-32)36(48)42-34/h5-8,11,14,19,21-23,39H,1,9-10,12-13,15-18,20H2,2-4H3/t22-/m0/s1. The van der Waals surface area contributed by atoms with E-state index < -0.39 is 17.3 Å². The Morgan fingerprint density at radius 2 is 1.88 bits per heavy atom. The molecule has 49 heavy (non-hydrogen) atoms. The number of halogens is 2. The van der Waals surface area contributed by atoms with E-state index in [0.29, 0.717) is 54.4 Å². The second-order valence-electron chi connectivity index (χ2n) is 13.1. The van der Waals surface area contributed by atoms with Gasteiger partial charge in [-0.25, -0.2) is 23.1 Å². The number of pyridine rings is 2. The lowest BCUT2D eigenvalue weighted by atomic mass is 10.00. The number of hydrogen-bond acceptors (Lipinski definition) is 9. The fourth-order valence-electron chi connectivity index (χ4n) is 7.38. The van der Waals surface area contributed by atoms with Gasteiger partial charge in [-0.1, -0.05) is 26.5 Å². The summed E-state index contributed by atoms with van der Waals surface area (Å²) in [5.74, 6) is -0.643. The van der Waals surface area contributed by atoms with Crippen molar-refractivity contribution in [2.24, 2.45) is 0 Å². The zero-order valence-corrected chi connectivity index (χ0v) is 28.8. The van der Waals surface area contributed by atoms with Crippen molar-refractivity contribution < 1.29 is 13.6 Å². The maximum atomic E-state index is 16.7. The number of nitrogens with one attached hydrogen (secondary N) is 1. The van der Waals surface area contributed by atoms with Gasteiger partial charge in [-0.2, -0.15) is 4.98 Å². The number of carbonyl (C=O) groups excluding carboxylic acids is 1. The Morgan fingerprint density at radius 1 is 1.08 bits per heavy atom. The lowest BCUT2D eigenvalue weighted by molar-refractivity contribution is -0.126. The molecule has 7 rings (SSSR count). The molecular formula is C36H40F2N8O2S. The molecule has 1 aromatic carbocycles. The van der Waals surface area contributed by atoms with Crippen LogP contribution in [0, 0.1) is 11.6 Å². The van der Waals surface area contributed by atoms with Crippen LogP contribution in [-0.4, -0.2) is 87.4 Å². The van der Waals surface area contributed by atoms with Crippen LogP contribution in [0.2, 0.25) is 0 Å². The van der Waals surface area contributed by atoms with Crippen molar-refractivity contribution in [2.45, 2.75) is 56.5 Å². The van der Waals surface area contributed by atoms with E-state index in [1.54, 1.807) is 28.9 Å². The molecule has 0 aliphatic carbocycles. The molecule has 1 N–H and O–H groups in total. The first-order valence-electron chi connectivity index (χ1n) is 16.9. The summed E-state index contributed by atoms with van der Waals surface area (Å²) in [6.07, 6.45) is 4.77. The highest BCUT2D eigenvalue weighted by atomic mass is 32.2. The van der Waals surface area contributed by atoms with Gasteiger partial charge in [-0.05, 0) is 69.1 Å². The summed E-state index contributed by atoms with van der Waals surface area (Å²) in [5.41, 5.74) is 1.30. The van der Waals surface area contributed by atoms with Crippen LogP contribution in [0.1, 0.15) is 45.2 Å². The molecule has 256 valence electrons. The van der Waals surface area contributed by atoms with Crippen LogP contribution < -0.4 is 20.8 Å². The third-order valence-electron chi connectivity index (χ3n) is 9.75. The molecular weight excluding hydrogens is 647 g/mol. The van der Waals surface area contributed by atoms with Crippen molar-refractivity contribution >= 4 is 40.2 Å². The highest BCUT2D eigenvalue weighted by Gasteiger charge is 2.33. The van der Waals surface area contributed by atoms with Gasteiger partial charge in [0, 0.05) is 60.8 Å². The van der Waals surface area contributed by atoms with Gasteiger partial charge in [-0.3, -0.25) is 9.78 Å². The highest BCUT2D eigenvalue weighted by molar-refractivity contribution is 7.99. The summed E-state index contributed by atoms with van der Waals surface area (Å²) in [6.45, 7) is 12.9. The Balaban J connectivity index is 1.53. The number of fused-ring (bicyclic) bond motifs is 5. The number of piperazine rings is 1. The van der Waals surface area contributed by atoms with E-state index in [4.69, 9.17) is 9.97 Å². The topological polar surface area (TPSA) is 99.5 Å². The molecule has 0 radical (unpaired) electrons. The monoisotopic (exact) mass is 686 g/mol. The number of anilines is 2. The minimum Gasteiger partial charge on any atom is -0.367 e. The molecule has 3 aliphatic heterocycles. The minimum atomic E-state index is -0.715. The van der Waals surface area contributed by atoms with Crippen molar-refractivity contribution in [3.8, 4) is 16.9 Å². The molecule has 6 heterocycles. The van der Waals surface area contributed by atoms with Crippen LogP contribution >= 0.6 is 11.8 Å². The fraction of sp³-hybridized carbons (Fsp3) is 0.417. The first-order chi connectivity index (χ1) is 23.7. The quantitative estimate of drug-likeness (QED) is 0.293. The van der Waals surface area contributed by atoms with E-state index >= 15 is 8.78 Å². The molecule has 13 heteroatoms. The Labute approximate surface area is 288 Å². The van der Waals surface area contributed by atoms with Crippen LogP contribution in [0.3, 0.4) is 0 Å². The number of hydrogen-bond donors (Lipinski definition) is 1. The van der Waals surface area contributed by atoms with E-state index in [1.165, 1.54) is 22.8 Å². The zero-order valence-electron chi connectivity index (χ0n) is 28.0. The molecule has 2 bridgehead atoms. The van der Waals surface area contributed by atoms with E-state index in [0.717, 1.165) is 30.8 Å². The third kappa shape index (κ3) is 5.96. The van der Waals surface area contributed by atoms with Crippen molar-refractivity contribution in [3.05, 3.63) is 77.0 Å². The lowest BCUT2D eigenvalue weighted by Crippen LogP contribution is -2.54. The summed E-state index contributed by atoms with van der Waals surface area (Å²) in [6, 6.07) is 7.94.